The Balaban J connectivity index is 2.41. The molecule has 3 heteroatoms. The number of hydrogen-bond donors (Lipinski definition) is 1. The minimum absolute atomic E-state index is 0.187. The highest BCUT2D eigenvalue weighted by Gasteiger charge is 2.05. The van der Waals surface area contributed by atoms with Crippen molar-refractivity contribution in [2.75, 3.05) is 5.73 Å². The molecular weight excluding hydrogens is 190 g/mol. The average Bonchev–Trinajstić information content (AvgIpc) is 2.19. The molecule has 0 fully saturated rings. The predicted octanol–water partition coefficient (Wildman–Crippen LogP) is 2.61. The predicted molar refractivity (Wildman–Crippen MR) is 60.6 cm³/mol. The van der Waals surface area contributed by atoms with Gasteiger partial charge in [0.15, 0.2) is 0 Å². The number of carbonyl (C=O) groups excluding carboxylic acids is 1. The zero-order valence-corrected chi connectivity index (χ0v) is 9.19. The summed E-state index contributed by atoms with van der Waals surface area (Å²) >= 11 is 0. The van der Waals surface area contributed by atoms with Gasteiger partial charge in [-0.25, -0.2) is 0 Å². The second-order valence-corrected chi connectivity index (χ2v) is 3.98. The third-order valence-corrected chi connectivity index (χ3v) is 2.04. The molecule has 0 aromatic heterocycles. The summed E-state index contributed by atoms with van der Waals surface area (Å²) in [5, 5.41) is 0. The lowest BCUT2D eigenvalue weighted by molar-refractivity contribution is -0.134. The monoisotopic (exact) mass is 207 g/mol. The van der Waals surface area contributed by atoms with Gasteiger partial charge >= 0.3 is 5.97 Å². The number of benzene rings is 1. The molecule has 1 aromatic carbocycles. The molecule has 0 aliphatic rings. The molecule has 2 N–H and O–H groups in total. The van der Waals surface area contributed by atoms with Gasteiger partial charge in [0.1, 0.15) is 5.75 Å². The minimum Gasteiger partial charge on any atom is -0.427 e. The Labute approximate surface area is 90.2 Å². The number of anilines is 1. The van der Waals surface area contributed by atoms with E-state index in [0.717, 1.165) is 6.42 Å². The van der Waals surface area contributed by atoms with Crippen LogP contribution in [0.25, 0.3) is 0 Å². The van der Waals surface area contributed by atoms with Gasteiger partial charge in [-0.05, 0) is 36.6 Å². The van der Waals surface area contributed by atoms with Crippen LogP contribution < -0.4 is 10.5 Å². The van der Waals surface area contributed by atoms with Crippen molar-refractivity contribution in [3.63, 3.8) is 0 Å². The molecular formula is C12H17NO2. The lowest BCUT2D eigenvalue weighted by Gasteiger charge is -2.05. The number of hydrogen-bond acceptors (Lipinski definition) is 3. The summed E-state index contributed by atoms with van der Waals surface area (Å²) in [6.45, 7) is 4.16. The average molecular weight is 207 g/mol. The van der Waals surface area contributed by atoms with Crippen molar-refractivity contribution >= 4 is 11.7 Å². The Morgan fingerprint density at radius 2 is 1.93 bits per heavy atom. The van der Waals surface area contributed by atoms with E-state index >= 15 is 0 Å². The Morgan fingerprint density at radius 3 is 2.47 bits per heavy atom. The van der Waals surface area contributed by atoms with Gasteiger partial charge in [-0.3, -0.25) is 4.79 Å². The smallest absolute Gasteiger partial charge is 0.311 e. The van der Waals surface area contributed by atoms with Crippen molar-refractivity contribution in [3.8, 4) is 5.75 Å². The standard InChI is InChI=1S/C12H17NO2/c1-9(2)3-8-12(14)15-11-6-4-10(13)5-7-11/h4-7,9H,3,8,13H2,1-2H3. The van der Waals surface area contributed by atoms with Gasteiger partial charge in [0.25, 0.3) is 0 Å². The molecule has 15 heavy (non-hydrogen) atoms. The Kier molecular flexibility index (Phi) is 4.16. The molecule has 3 nitrogen and oxygen atoms in total. The second-order valence-electron chi connectivity index (χ2n) is 3.98. The van der Waals surface area contributed by atoms with Gasteiger partial charge in [-0.2, -0.15) is 0 Å². The Bertz CT molecular complexity index is 317. The fraction of sp³-hybridized carbons (Fsp3) is 0.417. The van der Waals surface area contributed by atoms with Gasteiger partial charge in [-0.1, -0.05) is 13.8 Å². The highest BCUT2D eigenvalue weighted by molar-refractivity contribution is 5.72. The zero-order valence-electron chi connectivity index (χ0n) is 9.19. The minimum atomic E-state index is -0.187. The fourth-order valence-electron chi connectivity index (χ4n) is 1.12. The molecule has 0 bridgehead atoms. The summed E-state index contributed by atoms with van der Waals surface area (Å²) in [5.41, 5.74) is 6.18. The van der Waals surface area contributed by atoms with Gasteiger partial charge in [-0.15, -0.1) is 0 Å². The maximum Gasteiger partial charge on any atom is 0.311 e. The van der Waals surface area contributed by atoms with Crippen molar-refractivity contribution in [2.45, 2.75) is 26.7 Å². The molecule has 0 heterocycles. The summed E-state index contributed by atoms with van der Waals surface area (Å²) in [5.74, 6) is 0.885. The van der Waals surface area contributed by atoms with E-state index in [1.54, 1.807) is 24.3 Å². The molecule has 0 amide bonds. The van der Waals surface area contributed by atoms with Crippen molar-refractivity contribution in [2.24, 2.45) is 5.92 Å². The van der Waals surface area contributed by atoms with Crippen LogP contribution in [-0.2, 0) is 4.79 Å². The van der Waals surface area contributed by atoms with Crippen LogP contribution in [0.1, 0.15) is 26.7 Å². The van der Waals surface area contributed by atoms with Crippen molar-refractivity contribution < 1.29 is 9.53 Å². The van der Waals surface area contributed by atoms with Gasteiger partial charge in [0.2, 0.25) is 0 Å². The first kappa shape index (κ1) is 11.6. The van der Waals surface area contributed by atoms with E-state index in [-0.39, 0.29) is 5.97 Å². The lowest BCUT2D eigenvalue weighted by atomic mass is 10.1. The van der Waals surface area contributed by atoms with E-state index in [2.05, 4.69) is 13.8 Å². The maximum absolute atomic E-state index is 11.3. The highest BCUT2D eigenvalue weighted by Crippen LogP contribution is 2.14. The molecule has 82 valence electrons. The third kappa shape index (κ3) is 4.49. The van der Waals surface area contributed by atoms with Gasteiger partial charge in [0.05, 0.1) is 0 Å². The molecule has 0 saturated carbocycles. The summed E-state index contributed by atoms with van der Waals surface area (Å²) in [7, 11) is 0. The molecule has 0 atom stereocenters. The van der Waals surface area contributed by atoms with E-state index < -0.39 is 0 Å². The second kappa shape index (κ2) is 5.39. The van der Waals surface area contributed by atoms with Crippen molar-refractivity contribution in [1.82, 2.24) is 0 Å². The van der Waals surface area contributed by atoms with Crippen LogP contribution in [0.5, 0.6) is 5.75 Å². The number of carbonyl (C=O) groups is 1. The summed E-state index contributed by atoms with van der Waals surface area (Å²) in [6.07, 6.45) is 1.32. The molecule has 0 aliphatic heterocycles. The van der Waals surface area contributed by atoms with Crippen molar-refractivity contribution in [1.29, 1.82) is 0 Å². The highest BCUT2D eigenvalue weighted by atomic mass is 16.5. The van der Waals surface area contributed by atoms with Crippen LogP contribution in [0, 0.1) is 5.92 Å². The number of nitrogens with two attached hydrogens (primary N) is 1. The first-order valence-corrected chi connectivity index (χ1v) is 5.14. The lowest BCUT2D eigenvalue weighted by Crippen LogP contribution is -2.08. The molecule has 0 radical (unpaired) electrons. The molecule has 1 aromatic rings. The van der Waals surface area contributed by atoms with Crippen molar-refractivity contribution in [3.05, 3.63) is 24.3 Å². The van der Waals surface area contributed by atoms with E-state index in [0.29, 0.717) is 23.8 Å². The summed E-state index contributed by atoms with van der Waals surface area (Å²) in [6, 6.07) is 6.82. The number of rotatable bonds is 4. The zero-order chi connectivity index (χ0) is 11.3. The Morgan fingerprint density at radius 1 is 1.33 bits per heavy atom. The van der Waals surface area contributed by atoms with Crippen LogP contribution in [0.15, 0.2) is 24.3 Å². The van der Waals surface area contributed by atoms with Gasteiger partial charge < -0.3 is 10.5 Å². The number of ether oxygens (including phenoxy) is 1. The van der Waals surface area contributed by atoms with Crippen LogP contribution in [0.4, 0.5) is 5.69 Å². The number of nitrogen functional groups attached to an aromatic ring is 1. The SMILES string of the molecule is CC(C)CCC(=O)Oc1ccc(N)cc1. The molecule has 0 aliphatic carbocycles. The third-order valence-electron chi connectivity index (χ3n) is 2.04. The van der Waals surface area contributed by atoms with E-state index in [1.165, 1.54) is 0 Å². The summed E-state index contributed by atoms with van der Waals surface area (Å²) < 4.78 is 5.13. The first-order valence-electron chi connectivity index (χ1n) is 5.14. The van der Waals surface area contributed by atoms with Gasteiger partial charge in [0, 0.05) is 12.1 Å². The largest absolute Gasteiger partial charge is 0.427 e. The number of esters is 1. The molecule has 0 unspecified atom stereocenters. The van der Waals surface area contributed by atoms with Crippen LogP contribution >= 0.6 is 0 Å². The maximum atomic E-state index is 11.3. The quantitative estimate of drug-likeness (QED) is 0.469. The molecule has 0 spiro atoms. The molecule has 0 saturated heterocycles. The normalized spacial score (nSPS) is 10.3. The summed E-state index contributed by atoms with van der Waals surface area (Å²) in [4.78, 5) is 11.3. The fourth-order valence-corrected chi connectivity index (χ4v) is 1.12. The Hall–Kier alpha value is -1.51. The van der Waals surface area contributed by atoms with E-state index in [4.69, 9.17) is 10.5 Å². The van der Waals surface area contributed by atoms with E-state index in [9.17, 15) is 4.79 Å². The van der Waals surface area contributed by atoms with Crippen LogP contribution in [0.2, 0.25) is 0 Å². The first-order chi connectivity index (χ1) is 7.08. The topological polar surface area (TPSA) is 52.3 Å². The van der Waals surface area contributed by atoms with Crippen LogP contribution in [0.3, 0.4) is 0 Å². The molecule has 1 rings (SSSR count). The van der Waals surface area contributed by atoms with E-state index in [1.807, 2.05) is 0 Å². The van der Waals surface area contributed by atoms with Crippen LogP contribution in [-0.4, -0.2) is 5.97 Å².